The van der Waals surface area contributed by atoms with E-state index in [9.17, 15) is 19.8 Å². The molecule has 2 N–H and O–H groups in total. The summed E-state index contributed by atoms with van der Waals surface area (Å²) in [6.07, 6.45) is 2.27. The van der Waals surface area contributed by atoms with Crippen LogP contribution in [0.15, 0.2) is 66.0 Å². The van der Waals surface area contributed by atoms with Crippen molar-refractivity contribution in [2.24, 2.45) is 0 Å². The fourth-order valence-electron chi connectivity index (χ4n) is 3.39. The van der Waals surface area contributed by atoms with E-state index in [2.05, 4.69) is 11.9 Å². The first-order valence-corrected chi connectivity index (χ1v) is 11.2. The highest BCUT2D eigenvalue weighted by atomic mass is 35.5. The number of imidazole rings is 1. The highest BCUT2D eigenvalue weighted by molar-refractivity contribution is 7.99. The van der Waals surface area contributed by atoms with E-state index in [1.54, 1.807) is 42.2 Å². The van der Waals surface area contributed by atoms with Crippen LogP contribution in [-0.2, 0) is 28.0 Å². The van der Waals surface area contributed by atoms with Crippen molar-refractivity contribution in [3.63, 3.8) is 0 Å². The Morgan fingerprint density at radius 1 is 1.06 bits per heavy atom. The van der Waals surface area contributed by atoms with Gasteiger partial charge in [-0.05, 0) is 23.6 Å². The molecule has 8 heteroatoms. The zero-order chi connectivity index (χ0) is 22.4. The molecule has 162 valence electrons. The van der Waals surface area contributed by atoms with Gasteiger partial charge in [-0.1, -0.05) is 78.8 Å². The molecular weight excluding hydrogens is 436 g/mol. The second-order valence-electron chi connectivity index (χ2n) is 7.12. The molecule has 1 heterocycles. The Kier molecular flexibility index (Phi) is 7.41. The molecule has 0 unspecified atom stereocenters. The Hall–Kier alpha value is -2.77. The van der Waals surface area contributed by atoms with Crippen LogP contribution in [-0.4, -0.2) is 37.5 Å². The molecular formula is C23H23ClN2O4S. The zero-order valence-electron chi connectivity index (χ0n) is 17.0. The fraction of sp³-hybridized carbons (Fsp3) is 0.261. The Morgan fingerprint density at radius 2 is 1.71 bits per heavy atom. The standard InChI is InChI=1S/C23H23ClN2O4S/c1-2-12-31-22-25-14-18(26(22)15-16-8-6-7-11-19(16)24)13-23(20(27)28,21(29)30)17-9-4-3-5-10-17/h3-11,14H,2,12-13,15H2,1H3,(H,27,28)(H,29,30). The molecule has 1 aromatic heterocycles. The minimum absolute atomic E-state index is 0.211. The Bertz CT molecular complexity index is 1050. The van der Waals surface area contributed by atoms with Gasteiger partial charge in [-0.15, -0.1) is 0 Å². The summed E-state index contributed by atoms with van der Waals surface area (Å²) < 4.78 is 1.87. The molecule has 2 aromatic carbocycles. The number of carbonyl (C=O) groups is 2. The lowest BCUT2D eigenvalue weighted by Crippen LogP contribution is -2.46. The topological polar surface area (TPSA) is 92.4 Å². The molecule has 0 bridgehead atoms. The molecule has 6 nitrogen and oxygen atoms in total. The first kappa shape index (κ1) is 22.9. The quantitative estimate of drug-likeness (QED) is 0.337. The highest BCUT2D eigenvalue weighted by Gasteiger charge is 2.49. The normalized spacial score (nSPS) is 11.4. The van der Waals surface area contributed by atoms with Gasteiger partial charge < -0.3 is 14.8 Å². The van der Waals surface area contributed by atoms with Crippen LogP contribution in [0.1, 0.15) is 30.2 Å². The molecule has 0 aliphatic heterocycles. The predicted molar refractivity (Wildman–Crippen MR) is 121 cm³/mol. The molecule has 0 radical (unpaired) electrons. The van der Waals surface area contributed by atoms with Gasteiger partial charge in [0.2, 0.25) is 0 Å². The van der Waals surface area contributed by atoms with Crippen LogP contribution >= 0.6 is 23.4 Å². The van der Waals surface area contributed by atoms with E-state index in [4.69, 9.17) is 11.6 Å². The first-order valence-electron chi connectivity index (χ1n) is 9.83. The van der Waals surface area contributed by atoms with Crippen molar-refractivity contribution in [1.29, 1.82) is 0 Å². The summed E-state index contributed by atoms with van der Waals surface area (Å²) in [5.74, 6) is -2.00. The van der Waals surface area contributed by atoms with Crippen molar-refractivity contribution >= 4 is 35.3 Å². The van der Waals surface area contributed by atoms with Gasteiger partial charge >= 0.3 is 11.9 Å². The van der Waals surface area contributed by atoms with E-state index in [0.717, 1.165) is 17.7 Å². The average molecular weight is 459 g/mol. The summed E-state index contributed by atoms with van der Waals surface area (Å²) in [4.78, 5) is 29.1. The number of carboxylic acid groups (broad SMARTS) is 2. The molecule has 0 fully saturated rings. The monoisotopic (exact) mass is 458 g/mol. The van der Waals surface area contributed by atoms with Crippen molar-refractivity contribution in [2.75, 3.05) is 5.75 Å². The molecule has 31 heavy (non-hydrogen) atoms. The van der Waals surface area contributed by atoms with E-state index in [1.165, 1.54) is 12.1 Å². The molecule has 0 saturated carbocycles. The van der Waals surface area contributed by atoms with Crippen LogP contribution in [0.4, 0.5) is 0 Å². The maximum absolute atomic E-state index is 12.3. The van der Waals surface area contributed by atoms with Crippen molar-refractivity contribution < 1.29 is 19.8 Å². The number of nitrogens with zero attached hydrogens (tertiary/aromatic N) is 2. The molecule has 0 aliphatic carbocycles. The van der Waals surface area contributed by atoms with Gasteiger partial charge in [0.1, 0.15) is 0 Å². The fourth-order valence-corrected chi connectivity index (χ4v) is 4.44. The smallest absolute Gasteiger partial charge is 0.326 e. The number of aliphatic carboxylic acids is 2. The molecule has 0 atom stereocenters. The van der Waals surface area contributed by atoms with E-state index in [1.807, 2.05) is 22.8 Å². The minimum Gasteiger partial charge on any atom is -0.480 e. The van der Waals surface area contributed by atoms with Crippen LogP contribution in [0.25, 0.3) is 0 Å². The Balaban J connectivity index is 2.10. The van der Waals surface area contributed by atoms with Crippen LogP contribution in [0, 0.1) is 0 Å². The van der Waals surface area contributed by atoms with Crippen LogP contribution in [0.3, 0.4) is 0 Å². The molecule has 3 aromatic rings. The number of hydrogen-bond donors (Lipinski definition) is 2. The number of rotatable bonds is 10. The number of thioether (sulfide) groups is 1. The van der Waals surface area contributed by atoms with Gasteiger partial charge in [0.15, 0.2) is 10.6 Å². The molecule has 3 rings (SSSR count). The number of aromatic nitrogens is 2. The Morgan fingerprint density at radius 3 is 2.32 bits per heavy atom. The number of halogens is 1. The molecule has 0 aliphatic rings. The lowest BCUT2D eigenvalue weighted by Gasteiger charge is -2.26. The number of hydrogen-bond acceptors (Lipinski definition) is 4. The van der Waals surface area contributed by atoms with Crippen molar-refractivity contribution in [1.82, 2.24) is 9.55 Å². The third kappa shape index (κ3) is 4.78. The molecule has 0 spiro atoms. The van der Waals surface area contributed by atoms with Gasteiger partial charge in [0.05, 0.1) is 6.54 Å². The Labute approximate surface area is 189 Å². The van der Waals surface area contributed by atoms with Gasteiger partial charge in [-0.25, -0.2) is 4.98 Å². The maximum atomic E-state index is 12.3. The van der Waals surface area contributed by atoms with Crippen molar-refractivity contribution in [3.05, 3.63) is 82.6 Å². The van der Waals surface area contributed by atoms with Gasteiger partial charge in [0, 0.05) is 29.1 Å². The molecule has 0 saturated heterocycles. The predicted octanol–water partition coefficient (Wildman–Crippen LogP) is 4.74. The molecule has 0 amide bonds. The van der Waals surface area contributed by atoms with Crippen LogP contribution < -0.4 is 0 Å². The van der Waals surface area contributed by atoms with Gasteiger partial charge in [-0.3, -0.25) is 9.59 Å². The van der Waals surface area contributed by atoms with E-state index < -0.39 is 17.4 Å². The minimum atomic E-state index is -2.13. The zero-order valence-corrected chi connectivity index (χ0v) is 18.6. The summed E-state index contributed by atoms with van der Waals surface area (Å²) in [6.45, 7) is 2.43. The second-order valence-corrected chi connectivity index (χ2v) is 8.59. The van der Waals surface area contributed by atoms with Gasteiger partial charge in [0.25, 0.3) is 0 Å². The second kappa shape index (κ2) is 10.0. The van der Waals surface area contributed by atoms with Crippen molar-refractivity contribution in [2.45, 2.75) is 36.9 Å². The first-order chi connectivity index (χ1) is 14.9. The SMILES string of the molecule is CCCSc1ncc(CC(C(=O)O)(C(=O)O)c2ccccc2)n1Cc1ccccc1Cl. The third-order valence-electron chi connectivity index (χ3n) is 5.07. The summed E-state index contributed by atoms with van der Waals surface area (Å²) in [7, 11) is 0. The van der Waals surface area contributed by atoms with Crippen LogP contribution in [0.2, 0.25) is 5.02 Å². The van der Waals surface area contributed by atoms with E-state index >= 15 is 0 Å². The largest absolute Gasteiger partial charge is 0.480 e. The third-order valence-corrected chi connectivity index (χ3v) is 6.63. The summed E-state index contributed by atoms with van der Waals surface area (Å²) in [5.41, 5.74) is -0.556. The maximum Gasteiger partial charge on any atom is 0.326 e. The highest BCUT2D eigenvalue weighted by Crippen LogP contribution is 2.32. The number of carboxylic acids is 2. The van der Waals surface area contributed by atoms with Crippen molar-refractivity contribution in [3.8, 4) is 0 Å². The summed E-state index contributed by atoms with van der Waals surface area (Å²) >= 11 is 7.90. The van der Waals surface area contributed by atoms with Crippen LogP contribution in [0.5, 0.6) is 0 Å². The van der Waals surface area contributed by atoms with Gasteiger partial charge in [-0.2, -0.15) is 0 Å². The summed E-state index contributed by atoms with van der Waals surface area (Å²) in [6, 6.07) is 15.4. The lowest BCUT2D eigenvalue weighted by molar-refractivity contribution is -0.157. The summed E-state index contributed by atoms with van der Waals surface area (Å²) in [5, 5.41) is 21.4. The van der Waals surface area contributed by atoms with E-state index in [-0.39, 0.29) is 12.0 Å². The average Bonchev–Trinajstić information content (AvgIpc) is 3.13. The van der Waals surface area contributed by atoms with E-state index in [0.29, 0.717) is 22.4 Å². The lowest BCUT2D eigenvalue weighted by atomic mass is 9.76. The number of benzene rings is 2.